The Balaban J connectivity index is 1.36. The maximum atomic E-state index is 13.4. The van der Waals surface area contributed by atoms with E-state index < -0.39 is 24.1 Å². The van der Waals surface area contributed by atoms with Gasteiger partial charge in [-0.2, -0.15) is 0 Å². The number of amides is 1. The van der Waals surface area contributed by atoms with Gasteiger partial charge in [-0.1, -0.05) is 12.1 Å². The molecule has 0 aliphatic rings. The molecule has 0 fully saturated rings. The zero-order valence-corrected chi connectivity index (χ0v) is 29.6. The number of rotatable bonds is 12. The van der Waals surface area contributed by atoms with E-state index in [1.807, 2.05) is 18.5 Å². The summed E-state index contributed by atoms with van der Waals surface area (Å²) in [6, 6.07) is 16.7. The van der Waals surface area contributed by atoms with Crippen molar-refractivity contribution in [3.8, 4) is 11.5 Å². The second-order valence-electron chi connectivity index (χ2n) is 12.2. The molecule has 3 aromatic carbocycles. The molecule has 268 valence electrons. The van der Waals surface area contributed by atoms with E-state index in [-0.39, 0.29) is 43.6 Å². The minimum Gasteiger partial charge on any atom is -0.491 e. The minimum atomic E-state index is -0.852. The van der Waals surface area contributed by atoms with Crippen molar-refractivity contribution in [2.45, 2.75) is 59.7 Å². The summed E-state index contributed by atoms with van der Waals surface area (Å²) in [6.07, 6.45) is -2.22. The van der Waals surface area contributed by atoms with Gasteiger partial charge >= 0.3 is 18.2 Å². The second kappa shape index (κ2) is 15.7. The molecule has 0 radical (unpaired) electrons. The molecular formula is C37H41N5O9. The summed E-state index contributed by atoms with van der Waals surface area (Å²) < 4.78 is 30.0. The number of para-hydroxylation sites is 1. The van der Waals surface area contributed by atoms with Crippen LogP contribution in [0.5, 0.6) is 11.5 Å². The zero-order valence-electron chi connectivity index (χ0n) is 29.6. The predicted octanol–water partition coefficient (Wildman–Crippen LogP) is 6.38. The Labute approximate surface area is 294 Å². The standard InChI is InChI=1S/C37H41N5O9/c1-8-47-35(44)26-11-9-10-12-31(26)48-18-17-38-34(43)24-13-15-27-30(19-24)41(7)32(39-27)23(6)33-40-28-20-25(51-37(46)50-22(4)5)14-16-29(28)42(33)36(45)49-21(2)3/h9-16,19-23H,8,17-18H2,1-7H3,(H,38,43). The lowest BCUT2D eigenvalue weighted by Crippen LogP contribution is -2.28. The number of benzene rings is 3. The first-order valence-electron chi connectivity index (χ1n) is 16.6. The fraction of sp³-hybridized carbons (Fsp3) is 0.351. The Hall–Kier alpha value is -5.92. The van der Waals surface area contributed by atoms with E-state index in [1.165, 1.54) is 4.57 Å². The zero-order chi connectivity index (χ0) is 36.8. The molecule has 1 unspecified atom stereocenters. The van der Waals surface area contributed by atoms with Crippen LogP contribution in [-0.2, 0) is 21.3 Å². The molecule has 5 aromatic rings. The number of esters is 1. The number of hydrogen-bond acceptors (Lipinski definition) is 11. The van der Waals surface area contributed by atoms with Crippen LogP contribution in [-0.4, -0.2) is 75.2 Å². The van der Waals surface area contributed by atoms with E-state index in [4.69, 9.17) is 33.7 Å². The molecule has 5 rings (SSSR count). The number of carbonyl (C=O) groups is 4. The summed E-state index contributed by atoms with van der Waals surface area (Å²) in [4.78, 5) is 60.5. The lowest BCUT2D eigenvalue weighted by Gasteiger charge is -2.15. The number of carbonyl (C=O) groups excluding carboxylic acids is 4. The Morgan fingerprint density at radius 3 is 2.27 bits per heavy atom. The first-order valence-corrected chi connectivity index (χ1v) is 16.6. The average molecular weight is 700 g/mol. The van der Waals surface area contributed by atoms with Crippen LogP contribution in [0, 0.1) is 0 Å². The van der Waals surface area contributed by atoms with Gasteiger partial charge in [0.05, 0.1) is 53.3 Å². The number of fused-ring (bicyclic) bond motifs is 2. The lowest BCUT2D eigenvalue weighted by molar-refractivity contribution is 0.0520. The number of aryl methyl sites for hydroxylation is 1. The summed E-state index contributed by atoms with van der Waals surface area (Å²) in [5.41, 5.74) is 2.91. The van der Waals surface area contributed by atoms with Gasteiger partial charge in [-0.05, 0) is 84.0 Å². The molecule has 14 nitrogen and oxygen atoms in total. The number of nitrogens with one attached hydrogen (secondary N) is 1. The fourth-order valence-electron chi connectivity index (χ4n) is 5.44. The van der Waals surface area contributed by atoms with Crippen LogP contribution in [0.2, 0.25) is 0 Å². The van der Waals surface area contributed by atoms with Gasteiger partial charge < -0.3 is 33.6 Å². The molecule has 2 heterocycles. The molecule has 1 amide bonds. The topological polar surface area (TPSA) is 162 Å². The van der Waals surface area contributed by atoms with Crippen molar-refractivity contribution in [2.24, 2.45) is 7.05 Å². The third-order valence-corrected chi connectivity index (χ3v) is 7.68. The van der Waals surface area contributed by atoms with E-state index in [2.05, 4.69) is 5.32 Å². The summed E-state index contributed by atoms with van der Waals surface area (Å²) in [5, 5.41) is 2.84. The van der Waals surface area contributed by atoms with E-state index in [9.17, 15) is 19.2 Å². The van der Waals surface area contributed by atoms with Crippen LogP contribution in [0.3, 0.4) is 0 Å². The van der Waals surface area contributed by atoms with Gasteiger partial charge in [0.25, 0.3) is 5.91 Å². The molecule has 2 aromatic heterocycles. The number of ether oxygens (including phenoxy) is 5. The lowest BCUT2D eigenvalue weighted by atomic mass is 10.1. The van der Waals surface area contributed by atoms with Crippen molar-refractivity contribution in [2.75, 3.05) is 19.8 Å². The predicted molar refractivity (Wildman–Crippen MR) is 187 cm³/mol. The van der Waals surface area contributed by atoms with Gasteiger partial charge in [0.1, 0.15) is 35.3 Å². The number of aromatic nitrogens is 4. The maximum absolute atomic E-state index is 13.4. The molecule has 0 aliphatic heterocycles. The quantitative estimate of drug-likeness (QED) is 0.0666. The van der Waals surface area contributed by atoms with Crippen molar-refractivity contribution in [1.29, 1.82) is 0 Å². The third-order valence-electron chi connectivity index (χ3n) is 7.68. The fourth-order valence-corrected chi connectivity index (χ4v) is 5.44. The van der Waals surface area contributed by atoms with Gasteiger partial charge in [-0.25, -0.2) is 28.9 Å². The van der Waals surface area contributed by atoms with Gasteiger partial charge in [0.15, 0.2) is 0 Å². The molecule has 51 heavy (non-hydrogen) atoms. The van der Waals surface area contributed by atoms with Crippen LogP contribution < -0.4 is 14.8 Å². The molecule has 1 atom stereocenters. The van der Waals surface area contributed by atoms with Crippen molar-refractivity contribution >= 4 is 46.2 Å². The van der Waals surface area contributed by atoms with Crippen LogP contribution >= 0.6 is 0 Å². The molecule has 0 aliphatic carbocycles. The molecule has 14 heteroatoms. The highest BCUT2D eigenvalue weighted by molar-refractivity contribution is 5.97. The van der Waals surface area contributed by atoms with Crippen molar-refractivity contribution in [1.82, 2.24) is 24.4 Å². The van der Waals surface area contributed by atoms with Crippen molar-refractivity contribution in [3.63, 3.8) is 0 Å². The molecule has 0 spiro atoms. The SMILES string of the molecule is CCOC(=O)c1ccccc1OCCNC(=O)c1ccc2nc(C(C)c3nc4cc(OC(=O)OC(C)C)ccc4n3C(=O)OC(C)C)n(C)c2c1. The minimum absolute atomic E-state index is 0.133. The number of nitrogens with zero attached hydrogens (tertiary/aromatic N) is 4. The highest BCUT2D eigenvalue weighted by Crippen LogP contribution is 2.31. The molecule has 0 saturated carbocycles. The normalized spacial score (nSPS) is 11.9. The summed E-state index contributed by atoms with van der Waals surface area (Å²) in [5.74, 6) is 0.207. The highest BCUT2D eigenvalue weighted by atomic mass is 16.7. The van der Waals surface area contributed by atoms with Gasteiger partial charge in [-0.3, -0.25) is 4.79 Å². The average Bonchev–Trinajstić information content (AvgIpc) is 3.63. The van der Waals surface area contributed by atoms with E-state index in [1.54, 1.807) is 95.3 Å². The Bertz CT molecular complexity index is 2080. The van der Waals surface area contributed by atoms with Crippen LogP contribution in [0.25, 0.3) is 22.1 Å². The summed E-state index contributed by atoms with van der Waals surface area (Å²) >= 11 is 0. The molecule has 0 saturated heterocycles. The monoisotopic (exact) mass is 699 g/mol. The van der Waals surface area contributed by atoms with Crippen LogP contribution in [0.1, 0.15) is 79.8 Å². The largest absolute Gasteiger partial charge is 0.514 e. The van der Waals surface area contributed by atoms with E-state index in [0.717, 1.165) is 0 Å². The van der Waals surface area contributed by atoms with Gasteiger partial charge in [0, 0.05) is 18.7 Å². The molecule has 0 bridgehead atoms. The first kappa shape index (κ1) is 36.4. The molecular weight excluding hydrogens is 658 g/mol. The molecule has 1 N–H and O–H groups in total. The number of hydrogen-bond donors (Lipinski definition) is 1. The van der Waals surface area contributed by atoms with Crippen molar-refractivity contribution < 1.29 is 42.9 Å². The van der Waals surface area contributed by atoms with Gasteiger partial charge in [0.2, 0.25) is 0 Å². The number of imidazole rings is 2. The first-order chi connectivity index (χ1) is 24.4. The Morgan fingerprint density at radius 1 is 0.824 bits per heavy atom. The smallest absolute Gasteiger partial charge is 0.491 e. The highest BCUT2D eigenvalue weighted by Gasteiger charge is 2.28. The Morgan fingerprint density at radius 2 is 1.55 bits per heavy atom. The van der Waals surface area contributed by atoms with Crippen LogP contribution in [0.4, 0.5) is 9.59 Å². The summed E-state index contributed by atoms with van der Waals surface area (Å²) in [7, 11) is 1.82. The third kappa shape index (κ3) is 8.28. The van der Waals surface area contributed by atoms with Crippen molar-refractivity contribution in [3.05, 3.63) is 83.4 Å². The van der Waals surface area contributed by atoms with E-state index >= 15 is 0 Å². The Kier molecular flexibility index (Phi) is 11.2. The second-order valence-corrected chi connectivity index (χ2v) is 12.2. The van der Waals surface area contributed by atoms with Crippen LogP contribution in [0.15, 0.2) is 60.7 Å². The maximum Gasteiger partial charge on any atom is 0.514 e. The van der Waals surface area contributed by atoms with E-state index in [0.29, 0.717) is 50.6 Å². The summed E-state index contributed by atoms with van der Waals surface area (Å²) in [6.45, 7) is 11.1. The van der Waals surface area contributed by atoms with Gasteiger partial charge in [-0.15, -0.1) is 0 Å².